The second-order valence-electron chi connectivity index (χ2n) is 9.17. The summed E-state index contributed by atoms with van der Waals surface area (Å²) in [5, 5.41) is 10.5. The van der Waals surface area contributed by atoms with Crippen LogP contribution < -0.4 is 4.72 Å². The quantitative estimate of drug-likeness (QED) is 0.279. The summed E-state index contributed by atoms with van der Waals surface area (Å²) in [5.74, 6) is -0.192. The highest BCUT2D eigenvalue weighted by Gasteiger charge is 2.13. The van der Waals surface area contributed by atoms with E-state index < -0.39 is 16.1 Å². The first-order valence-corrected chi connectivity index (χ1v) is 14.0. The summed E-state index contributed by atoms with van der Waals surface area (Å²) in [5.41, 5.74) is 3.54. The number of aliphatic hydroxyl groups is 1. The highest BCUT2D eigenvalue weighted by molar-refractivity contribution is 7.92. The molecule has 0 saturated carbocycles. The molecule has 0 heterocycles. The molecule has 0 aliphatic rings. The van der Waals surface area contributed by atoms with Crippen molar-refractivity contribution < 1.29 is 23.1 Å². The zero-order valence-electron chi connectivity index (χ0n) is 21.3. The van der Waals surface area contributed by atoms with Crippen molar-refractivity contribution in [2.75, 3.05) is 4.72 Å². The third-order valence-electron chi connectivity index (χ3n) is 5.73. The van der Waals surface area contributed by atoms with Gasteiger partial charge in [0.1, 0.15) is 0 Å². The molecule has 0 spiro atoms. The van der Waals surface area contributed by atoms with Gasteiger partial charge in [-0.25, -0.2) is 8.42 Å². The maximum Gasteiger partial charge on any atom is 0.306 e. The second kappa shape index (κ2) is 13.8. The highest BCUT2D eigenvalue weighted by atomic mass is 32.2. The average molecular weight is 522 g/mol. The Hall–Kier alpha value is -3.42. The van der Waals surface area contributed by atoms with E-state index in [9.17, 15) is 18.3 Å². The molecular weight excluding hydrogens is 486 g/mol. The third kappa shape index (κ3) is 9.52. The zero-order chi connectivity index (χ0) is 26.7. The normalized spacial score (nSPS) is 12.5. The topological polar surface area (TPSA) is 92.7 Å². The Balaban J connectivity index is 1.51. The van der Waals surface area contributed by atoms with Gasteiger partial charge in [-0.1, -0.05) is 66.7 Å². The minimum absolute atomic E-state index is 0.113. The molecule has 0 amide bonds. The lowest BCUT2D eigenvalue weighted by Crippen LogP contribution is -2.12. The number of benzene rings is 3. The van der Waals surface area contributed by atoms with E-state index >= 15 is 0 Å². The number of esters is 1. The van der Waals surface area contributed by atoms with Gasteiger partial charge in [0.15, 0.2) is 0 Å². The molecule has 3 rings (SSSR count). The van der Waals surface area contributed by atoms with Gasteiger partial charge in [-0.15, -0.1) is 0 Å². The van der Waals surface area contributed by atoms with E-state index in [1.165, 1.54) is 5.56 Å². The summed E-state index contributed by atoms with van der Waals surface area (Å²) in [6.45, 7) is 3.69. The molecule has 37 heavy (non-hydrogen) atoms. The third-order valence-corrected chi connectivity index (χ3v) is 7.13. The molecule has 7 heteroatoms. The first-order valence-electron chi connectivity index (χ1n) is 12.5. The van der Waals surface area contributed by atoms with E-state index in [0.717, 1.165) is 24.0 Å². The number of aryl methyl sites for hydroxylation is 2. The fourth-order valence-corrected chi connectivity index (χ4v) is 5.01. The minimum Gasteiger partial charge on any atom is -0.463 e. The number of aliphatic hydroxyl groups excluding tert-OH is 1. The Morgan fingerprint density at radius 3 is 2.32 bits per heavy atom. The van der Waals surface area contributed by atoms with E-state index in [-0.39, 0.29) is 17.0 Å². The van der Waals surface area contributed by atoms with Crippen LogP contribution in [0.2, 0.25) is 0 Å². The molecule has 2 N–H and O–H groups in total. The molecule has 3 aromatic rings. The van der Waals surface area contributed by atoms with Crippen LogP contribution in [0.15, 0.2) is 89.8 Å². The molecule has 0 bridgehead atoms. The van der Waals surface area contributed by atoms with E-state index in [1.54, 1.807) is 60.7 Å². The lowest BCUT2D eigenvalue weighted by atomic mass is 9.97. The molecule has 3 aromatic carbocycles. The van der Waals surface area contributed by atoms with Crippen LogP contribution in [-0.2, 0) is 32.4 Å². The first kappa shape index (κ1) is 28.2. The van der Waals surface area contributed by atoms with Crippen LogP contribution in [0.25, 0.3) is 6.08 Å². The maximum atomic E-state index is 12.6. The van der Waals surface area contributed by atoms with Gasteiger partial charge in [0.2, 0.25) is 0 Å². The zero-order valence-corrected chi connectivity index (χ0v) is 22.2. The molecule has 1 atom stereocenters. The number of nitrogens with one attached hydrogen (secondary N) is 1. The fraction of sp³-hybridized carbons (Fsp3) is 0.300. The number of hydrogen-bond acceptors (Lipinski definition) is 5. The van der Waals surface area contributed by atoms with E-state index in [0.29, 0.717) is 24.9 Å². The summed E-state index contributed by atoms with van der Waals surface area (Å²) >= 11 is 0. The van der Waals surface area contributed by atoms with Crippen LogP contribution in [0.4, 0.5) is 5.69 Å². The fourth-order valence-electron chi connectivity index (χ4n) is 3.94. The van der Waals surface area contributed by atoms with Crippen LogP contribution in [0.5, 0.6) is 0 Å². The predicted molar refractivity (Wildman–Crippen MR) is 148 cm³/mol. The number of carbonyl (C=O) groups excluding carboxylic acids is 1. The largest absolute Gasteiger partial charge is 0.463 e. The van der Waals surface area contributed by atoms with Gasteiger partial charge >= 0.3 is 5.97 Å². The molecule has 0 saturated heterocycles. The highest BCUT2D eigenvalue weighted by Crippen LogP contribution is 2.19. The lowest BCUT2D eigenvalue weighted by Gasteiger charge is -2.12. The van der Waals surface area contributed by atoms with Gasteiger partial charge in [-0.2, -0.15) is 0 Å². The summed E-state index contributed by atoms with van der Waals surface area (Å²) in [7, 11) is -3.67. The van der Waals surface area contributed by atoms with Crippen molar-refractivity contribution in [1.82, 2.24) is 0 Å². The van der Waals surface area contributed by atoms with Crippen molar-refractivity contribution >= 4 is 27.8 Å². The Labute approximate surface area is 220 Å². The smallest absolute Gasteiger partial charge is 0.306 e. The summed E-state index contributed by atoms with van der Waals surface area (Å²) in [6, 6.07) is 23.3. The predicted octanol–water partition coefficient (Wildman–Crippen LogP) is 5.77. The van der Waals surface area contributed by atoms with Crippen LogP contribution in [-0.4, -0.2) is 31.7 Å². The monoisotopic (exact) mass is 521 g/mol. The Morgan fingerprint density at radius 1 is 0.946 bits per heavy atom. The van der Waals surface area contributed by atoms with Crippen molar-refractivity contribution in [2.45, 2.75) is 63.1 Å². The molecule has 1 unspecified atom stereocenters. The molecule has 0 aromatic heterocycles. The van der Waals surface area contributed by atoms with Crippen molar-refractivity contribution in [3.63, 3.8) is 0 Å². The molecule has 0 aliphatic carbocycles. The van der Waals surface area contributed by atoms with Crippen LogP contribution in [0, 0.1) is 0 Å². The number of ether oxygens (including phenoxy) is 1. The molecule has 0 fully saturated rings. The Bertz CT molecular complexity index is 1290. The Kier molecular flexibility index (Phi) is 10.5. The summed E-state index contributed by atoms with van der Waals surface area (Å²) in [6.07, 6.45) is 5.93. The SMILES string of the molecule is CC(C)OC(=O)CCc1ccccc1CCCC(O)/C=C/c1cccc(NS(=O)(=O)c2ccccc2)c1. The lowest BCUT2D eigenvalue weighted by molar-refractivity contribution is -0.147. The number of rotatable bonds is 13. The van der Waals surface area contributed by atoms with Gasteiger partial charge < -0.3 is 9.84 Å². The van der Waals surface area contributed by atoms with Crippen molar-refractivity contribution in [1.29, 1.82) is 0 Å². The standard InChI is InChI=1S/C30H35NO5S/c1-23(2)36-30(33)21-19-26-12-7-6-11-25(26)13-9-15-28(32)20-18-24-10-8-14-27(22-24)31-37(34,35)29-16-4-3-5-17-29/h3-8,10-12,14,16-18,20,22-23,28,31-32H,9,13,15,19,21H2,1-2H3/b20-18+. The number of anilines is 1. The molecular formula is C30H35NO5S. The first-order chi connectivity index (χ1) is 17.7. The van der Waals surface area contributed by atoms with E-state index in [2.05, 4.69) is 10.8 Å². The second-order valence-corrected chi connectivity index (χ2v) is 10.9. The number of sulfonamides is 1. The average Bonchev–Trinajstić information content (AvgIpc) is 2.87. The van der Waals surface area contributed by atoms with Crippen molar-refractivity contribution in [2.24, 2.45) is 0 Å². The van der Waals surface area contributed by atoms with E-state index in [1.807, 2.05) is 38.1 Å². The van der Waals surface area contributed by atoms with Gasteiger partial charge in [-0.3, -0.25) is 9.52 Å². The molecule has 6 nitrogen and oxygen atoms in total. The van der Waals surface area contributed by atoms with Gasteiger partial charge in [-0.05, 0) is 80.5 Å². The Morgan fingerprint density at radius 2 is 1.62 bits per heavy atom. The summed E-state index contributed by atoms with van der Waals surface area (Å²) < 4.78 is 32.9. The van der Waals surface area contributed by atoms with Crippen LogP contribution >= 0.6 is 0 Å². The van der Waals surface area contributed by atoms with Crippen molar-refractivity contribution in [3.05, 3.63) is 102 Å². The molecule has 0 aliphatic heterocycles. The van der Waals surface area contributed by atoms with E-state index in [4.69, 9.17) is 4.74 Å². The van der Waals surface area contributed by atoms with Gasteiger partial charge in [0, 0.05) is 12.1 Å². The summed E-state index contributed by atoms with van der Waals surface area (Å²) in [4.78, 5) is 12.1. The maximum absolute atomic E-state index is 12.6. The molecule has 0 radical (unpaired) electrons. The van der Waals surface area contributed by atoms with Crippen LogP contribution in [0.3, 0.4) is 0 Å². The minimum atomic E-state index is -3.67. The molecule has 196 valence electrons. The van der Waals surface area contributed by atoms with Gasteiger partial charge in [0.05, 0.1) is 17.1 Å². The number of hydrogen-bond donors (Lipinski definition) is 2. The van der Waals surface area contributed by atoms with Crippen LogP contribution in [0.1, 0.15) is 49.8 Å². The number of carbonyl (C=O) groups is 1. The van der Waals surface area contributed by atoms with Gasteiger partial charge in [0.25, 0.3) is 10.0 Å². The van der Waals surface area contributed by atoms with Crippen molar-refractivity contribution in [3.8, 4) is 0 Å².